The van der Waals surface area contributed by atoms with Gasteiger partial charge in [0.1, 0.15) is 11.5 Å². The fraction of sp³-hybridized carbons (Fsp3) is 0.267. The van der Waals surface area contributed by atoms with Gasteiger partial charge in [0.15, 0.2) is 11.5 Å². The first-order chi connectivity index (χ1) is 11.1. The summed E-state index contributed by atoms with van der Waals surface area (Å²) in [4.78, 5) is 29.9. The summed E-state index contributed by atoms with van der Waals surface area (Å²) in [6, 6.07) is 5.12. The molecule has 2 aliphatic rings. The fourth-order valence-corrected chi connectivity index (χ4v) is 2.84. The number of carbonyl (C=O) groups excluding carboxylic acids is 2. The maximum atomic E-state index is 12.7. The number of rotatable bonds is 2. The van der Waals surface area contributed by atoms with Gasteiger partial charge in [-0.3, -0.25) is 9.59 Å². The van der Waals surface area contributed by atoms with E-state index in [1.165, 1.54) is 6.20 Å². The van der Waals surface area contributed by atoms with Crippen LogP contribution in [0.25, 0.3) is 0 Å². The third-order valence-electron chi connectivity index (χ3n) is 4.02. The number of ether oxygens (including phenoxy) is 2. The van der Waals surface area contributed by atoms with Crippen LogP contribution < -0.4 is 15.2 Å². The quantitative estimate of drug-likeness (QED) is 0.863. The summed E-state index contributed by atoms with van der Waals surface area (Å²) in [5.41, 5.74) is 6.22. The number of benzene rings is 1. The molecule has 0 saturated carbocycles. The lowest BCUT2D eigenvalue weighted by Gasteiger charge is -2.28. The van der Waals surface area contributed by atoms with Crippen LogP contribution >= 0.6 is 0 Å². The summed E-state index contributed by atoms with van der Waals surface area (Å²) in [6.45, 7) is 1.48. The van der Waals surface area contributed by atoms with Gasteiger partial charge in [-0.05, 0) is 18.2 Å². The van der Waals surface area contributed by atoms with E-state index in [1.54, 1.807) is 27.7 Å². The van der Waals surface area contributed by atoms with E-state index in [9.17, 15) is 9.59 Å². The molecule has 2 N–H and O–H groups in total. The average Bonchev–Trinajstić information content (AvgIpc) is 3.19. The average molecular weight is 314 g/mol. The van der Waals surface area contributed by atoms with Gasteiger partial charge in [0, 0.05) is 18.7 Å². The maximum absolute atomic E-state index is 12.7. The monoisotopic (exact) mass is 314 g/mol. The minimum atomic E-state index is -0.515. The lowest BCUT2D eigenvalue weighted by Crippen LogP contribution is -2.39. The third kappa shape index (κ3) is 2.19. The van der Waals surface area contributed by atoms with Crippen molar-refractivity contribution in [2.45, 2.75) is 13.1 Å². The lowest BCUT2D eigenvalue weighted by molar-refractivity contribution is 0.0706. The van der Waals surface area contributed by atoms with Crippen molar-refractivity contribution in [2.75, 3.05) is 13.3 Å². The molecule has 4 rings (SSSR count). The zero-order valence-corrected chi connectivity index (χ0v) is 12.2. The summed E-state index contributed by atoms with van der Waals surface area (Å²) in [5.74, 6) is 1.24. The number of amides is 2. The minimum Gasteiger partial charge on any atom is -0.454 e. The Hall–Kier alpha value is -3.03. The predicted octanol–water partition coefficient (Wildman–Crippen LogP) is 0.367. The number of imidazole rings is 1. The highest BCUT2D eigenvalue weighted by Gasteiger charge is 2.26. The largest absolute Gasteiger partial charge is 0.454 e. The summed E-state index contributed by atoms with van der Waals surface area (Å²) < 4.78 is 12.3. The zero-order chi connectivity index (χ0) is 16.0. The fourth-order valence-electron chi connectivity index (χ4n) is 2.84. The van der Waals surface area contributed by atoms with Crippen molar-refractivity contribution in [1.82, 2.24) is 14.5 Å². The molecule has 0 aliphatic carbocycles. The van der Waals surface area contributed by atoms with E-state index in [0.29, 0.717) is 48.2 Å². The van der Waals surface area contributed by atoms with Crippen LogP contribution in [-0.4, -0.2) is 39.6 Å². The van der Waals surface area contributed by atoms with Crippen molar-refractivity contribution < 1.29 is 19.1 Å². The first-order valence-corrected chi connectivity index (χ1v) is 7.16. The van der Waals surface area contributed by atoms with Crippen LogP contribution in [0.4, 0.5) is 0 Å². The number of primary amides is 1. The van der Waals surface area contributed by atoms with Crippen LogP contribution in [0.2, 0.25) is 0 Å². The summed E-state index contributed by atoms with van der Waals surface area (Å²) in [5, 5.41) is 0. The van der Waals surface area contributed by atoms with Crippen LogP contribution in [0, 0.1) is 0 Å². The van der Waals surface area contributed by atoms with Crippen LogP contribution in [-0.2, 0) is 13.1 Å². The topological polar surface area (TPSA) is 99.7 Å². The zero-order valence-electron chi connectivity index (χ0n) is 12.2. The molecule has 0 unspecified atom stereocenters. The standard InChI is InChI=1S/C15H14N4O4/c16-14(20)10-6-17-13-7-18(3-4-19(10)13)15(21)9-1-2-11-12(5-9)23-8-22-11/h1-2,5-6H,3-4,7-8H2,(H2,16,20). The minimum absolute atomic E-state index is 0.113. The second-order valence-corrected chi connectivity index (χ2v) is 5.37. The van der Waals surface area contributed by atoms with E-state index in [-0.39, 0.29) is 12.7 Å². The highest BCUT2D eigenvalue weighted by molar-refractivity contribution is 5.95. The lowest BCUT2D eigenvalue weighted by atomic mass is 10.1. The van der Waals surface area contributed by atoms with Crippen molar-refractivity contribution in [2.24, 2.45) is 5.73 Å². The van der Waals surface area contributed by atoms with Gasteiger partial charge in [-0.1, -0.05) is 0 Å². The highest BCUT2D eigenvalue weighted by atomic mass is 16.7. The second-order valence-electron chi connectivity index (χ2n) is 5.37. The molecule has 2 aliphatic heterocycles. The van der Waals surface area contributed by atoms with Gasteiger partial charge in [-0.15, -0.1) is 0 Å². The van der Waals surface area contributed by atoms with E-state index in [2.05, 4.69) is 4.98 Å². The molecule has 118 valence electrons. The third-order valence-corrected chi connectivity index (χ3v) is 4.02. The van der Waals surface area contributed by atoms with E-state index < -0.39 is 5.91 Å². The Balaban J connectivity index is 1.57. The number of fused-ring (bicyclic) bond motifs is 2. The van der Waals surface area contributed by atoms with E-state index in [1.807, 2.05) is 0 Å². The van der Waals surface area contributed by atoms with E-state index in [4.69, 9.17) is 15.2 Å². The molecule has 3 heterocycles. The molecule has 1 aromatic carbocycles. The van der Waals surface area contributed by atoms with Crippen LogP contribution in [0.5, 0.6) is 11.5 Å². The first-order valence-electron chi connectivity index (χ1n) is 7.16. The van der Waals surface area contributed by atoms with Gasteiger partial charge in [0.2, 0.25) is 6.79 Å². The Morgan fingerprint density at radius 3 is 2.83 bits per heavy atom. The summed E-state index contributed by atoms with van der Waals surface area (Å²) in [6.07, 6.45) is 1.45. The van der Waals surface area contributed by atoms with Gasteiger partial charge in [0.25, 0.3) is 11.8 Å². The van der Waals surface area contributed by atoms with Crippen molar-refractivity contribution >= 4 is 11.8 Å². The highest BCUT2D eigenvalue weighted by Crippen LogP contribution is 2.33. The molecule has 0 fully saturated rings. The van der Waals surface area contributed by atoms with Gasteiger partial charge in [0.05, 0.1) is 12.7 Å². The van der Waals surface area contributed by atoms with Gasteiger partial charge >= 0.3 is 0 Å². The normalized spacial score (nSPS) is 15.4. The molecule has 0 saturated heterocycles. The molecule has 0 radical (unpaired) electrons. The molecule has 2 amide bonds. The number of nitrogens with two attached hydrogens (primary N) is 1. The number of hydrogen-bond donors (Lipinski definition) is 1. The van der Waals surface area contributed by atoms with E-state index >= 15 is 0 Å². The SMILES string of the molecule is NC(=O)c1cnc2n1CCN(C(=O)c1ccc3c(c1)OCO3)C2. The Morgan fingerprint density at radius 2 is 2.00 bits per heavy atom. The molecule has 0 bridgehead atoms. The molecule has 0 spiro atoms. The van der Waals surface area contributed by atoms with Crippen LogP contribution in [0.1, 0.15) is 26.7 Å². The van der Waals surface area contributed by atoms with Crippen LogP contribution in [0.3, 0.4) is 0 Å². The predicted molar refractivity (Wildman–Crippen MR) is 78.1 cm³/mol. The van der Waals surface area contributed by atoms with Crippen molar-refractivity contribution in [1.29, 1.82) is 0 Å². The smallest absolute Gasteiger partial charge is 0.266 e. The molecule has 0 atom stereocenters. The van der Waals surface area contributed by atoms with Crippen molar-refractivity contribution in [3.63, 3.8) is 0 Å². The molecule has 8 nitrogen and oxygen atoms in total. The number of aromatic nitrogens is 2. The second kappa shape index (κ2) is 5.01. The van der Waals surface area contributed by atoms with E-state index in [0.717, 1.165) is 0 Å². The molecule has 23 heavy (non-hydrogen) atoms. The first kappa shape index (κ1) is 13.6. The molecular formula is C15H14N4O4. The Morgan fingerprint density at radius 1 is 1.17 bits per heavy atom. The van der Waals surface area contributed by atoms with Crippen molar-refractivity contribution in [3.8, 4) is 11.5 Å². The molecular weight excluding hydrogens is 300 g/mol. The summed E-state index contributed by atoms with van der Waals surface area (Å²) in [7, 11) is 0. The maximum Gasteiger partial charge on any atom is 0.266 e. The number of carbonyl (C=O) groups is 2. The molecule has 8 heteroatoms. The van der Waals surface area contributed by atoms with Crippen LogP contribution in [0.15, 0.2) is 24.4 Å². The number of nitrogens with zero attached hydrogens (tertiary/aromatic N) is 3. The Bertz CT molecular complexity index is 814. The molecule has 1 aromatic heterocycles. The van der Waals surface area contributed by atoms with Gasteiger partial charge < -0.3 is 24.7 Å². The summed E-state index contributed by atoms with van der Waals surface area (Å²) >= 11 is 0. The van der Waals surface area contributed by atoms with Gasteiger partial charge in [-0.25, -0.2) is 4.98 Å². The van der Waals surface area contributed by atoms with Gasteiger partial charge in [-0.2, -0.15) is 0 Å². The Kier molecular flexibility index (Phi) is 2.97. The Labute approximate surface area is 131 Å². The number of hydrogen-bond acceptors (Lipinski definition) is 5. The van der Waals surface area contributed by atoms with Crippen molar-refractivity contribution in [3.05, 3.63) is 41.5 Å². The molecule has 2 aromatic rings.